The fourth-order valence-corrected chi connectivity index (χ4v) is 6.82. The van der Waals surface area contributed by atoms with E-state index in [4.69, 9.17) is 5.11 Å². The zero-order valence-corrected chi connectivity index (χ0v) is 15.1. The average Bonchev–Trinajstić information content (AvgIpc) is 3.00. The number of allylic oxidation sites excluding steroid dienone is 4. The molecule has 5 atom stereocenters. The maximum atomic E-state index is 11.9. The molecule has 0 aromatic rings. The Morgan fingerprint density at radius 3 is 2.88 bits per heavy atom. The summed E-state index contributed by atoms with van der Waals surface area (Å²) in [6, 6.07) is 0. The predicted molar refractivity (Wildman–Crippen MR) is 96.5 cm³/mol. The van der Waals surface area contributed by atoms with Gasteiger partial charge in [-0.2, -0.15) is 0 Å². The zero-order valence-electron chi connectivity index (χ0n) is 15.1. The highest BCUT2D eigenvalue weighted by atomic mass is 16.2. The van der Waals surface area contributed by atoms with E-state index in [1.807, 2.05) is 6.08 Å². The number of carbonyl (C=O) groups excluding carboxylic acids is 1. The monoisotopic (exact) mass is 328 g/mol. The van der Waals surface area contributed by atoms with Crippen LogP contribution in [0.25, 0.3) is 0 Å². The lowest BCUT2D eigenvalue weighted by atomic mass is 9.48. The van der Waals surface area contributed by atoms with E-state index in [1.54, 1.807) is 0 Å². The van der Waals surface area contributed by atoms with Crippen molar-refractivity contribution in [3.05, 3.63) is 23.8 Å². The van der Waals surface area contributed by atoms with E-state index < -0.39 is 0 Å². The van der Waals surface area contributed by atoms with Crippen LogP contribution in [0.5, 0.6) is 0 Å². The topological polar surface area (TPSA) is 37.3 Å². The van der Waals surface area contributed by atoms with Crippen molar-refractivity contribution in [1.29, 1.82) is 0 Å². The molecule has 0 amide bonds. The third-order valence-corrected chi connectivity index (χ3v) is 8.12. The van der Waals surface area contributed by atoms with Crippen LogP contribution in [0.3, 0.4) is 0 Å². The van der Waals surface area contributed by atoms with Gasteiger partial charge in [0.15, 0.2) is 5.78 Å². The summed E-state index contributed by atoms with van der Waals surface area (Å²) in [5, 5.41) is 9.16. The molecule has 2 saturated carbocycles. The fourth-order valence-electron chi connectivity index (χ4n) is 6.82. The molecule has 0 aromatic heterocycles. The van der Waals surface area contributed by atoms with Crippen molar-refractivity contribution in [2.45, 2.75) is 71.1 Å². The van der Waals surface area contributed by atoms with E-state index in [0.717, 1.165) is 31.1 Å². The molecule has 0 unspecified atom stereocenters. The molecule has 0 radical (unpaired) electrons. The smallest absolute Gasteiger partial charge is 0.156 e. The Morgan fingerprint density at radius 1 is 1.17 bits per heavy atom. The van der Waals surface area contributed by atoms with Crippen molar-refractivity contribution in [1.82, 2.24) is 0 Å². The van der Waals surface area contributed by atoms with Crippen LogP contribution in [0.15, 0.2) is 23.8 Å². The molecule has 4 aliphatic carbocycles. The predicted octanol–water partition coefficient (Wildman–Crippen LogP) is 4.83. The Bertz CT molecular complexity index is 575. The van der Waals surface area contributed by atoms with Crippen LogP contribution in [0, 0.1) is 28.6 Å². The Hall–Kier alpha value is -0.890. The Morgan fingerprint density at radius 2 is 2.04 bits per heavy atom. The second kappa shape index (κ2) is 6.12. The molecule has 4 rings (SSSR count). The van der Waals surface area contributed by atoms with Crippen LogP contribution in [-0.2, 0) is 4.79 Å². The summed E-state index contributed by atoms with van der Waals surface area (Å²) in [6.45, 7) is 2.77. The molecule has 0 saturated heterocycles. The first kappa shape index (κ1) is 16.6. The second-order valence-corrected chi connectivity index (χ2v) is 9.11. The molecular formula is C22H32O2. The van der Waals surface area contributed by atoms with Crippen LogP contribution in [0.2, 0.25) is 0 Å². The summed E-state index contributed by atoms with van der Waals surface area (Å²) in [5.41, 5.74) is 2.08. The van der Waals surface area contributed by atoms with Gasteiger partial charge in [-0.25, -0.2) is 0 Å². The van der Waals surface area contributed by atoms with Gasteiger partial charge in [0.2, 0.25) is 0 Å². The van der Waals surface area contributed by atoms with Gasteiger partial charge in [-0.05, 0) is 85.2 Å². The highest BCUT2D eigenvalue weighted by molar-refractivity contribution is 5.92. The van der Waals surface area contributed by atoms with Crippen LogP contribution in [0.4, 0.5) is 0 Å². The minimum Gasteiger partial charge on any atom is -0.396 e. The van der Waals surface area contributed by atoms with E-state index in [9.17, 15) is 4.79 Å². The third kappa shape index (κ3) is 2.44. The van der Waals surface area contributed by atoms with Gasteiger partial charge < -0.3 is 5.11 Å². The van der Waals surface area contributed by atoms with Gasteiger partial charge in [-0.3, -0.25) is 4.79 Å². The standard InChI is InChI=1S/C22H32O2/c1-21-12-8-17(24)15-16(21)6-7-18-19(21)9-13-22(10-2-3-14-23)11-4-5-20(18)22/h6-7,15,18-20,23H,2-5,8-14H2,1H3/t18-,19+,20+,21+,22+/m1/s1. The minimum absolute atomic E-state index is 0.229. The number of ketones is 1. The molecule has 2 fully saturated rings. The second-order valence-electron chi connectivity index (χ2n) is 9.11. The number of aliphatic hydroxyl groups excluding tert-OH is 1. The number of fused-ring (bicyclic) bond motifs is 5. The van der Waals surface area contributed by atoms with Crippen molar-refractivity contribution in [3.8, 4) is 0 Å². The molecule has 24 heavy (non-hydrogen) atoms. The molecule has 1 N–H and O–H groups in total. The molecule has 0 aliphatic heterocycles. The van der Waals surface area contributed by atoms with Crippen LogP contribution in [0.1, 0.15) is 71.1 Å². The number of hydrogen-bond acceptors (Lipinski definition) is 2. The Balaban J connectivity index is 1.62. The molecule has 0 heterocycles. The van der Waals surface area contributed by atoms with Crippen molar-refractivity contribution in [3.63, 3.8) is 0 Å². The van der Waals surface area contributed by atoms with Crippen LogP contribution >= 0.6 is 0 Å². The van der Waals surface area contributed by atoms with Crippen molar-refractivity contribution in [2.75, 3.05) is 6.61 Å². The van der Waals surface area contributed by atoms with E-state index >= 15 is 0 Å². The highest BCUT2D eigenvalue weighted by Gasteiger charge is 2.56. The van der Waals surface area contributed by atoms with Crippen molar-refractivity contribution in [2.24, 2.45) is 28.6 Å². The molecule has 0 spiro atoms. The highest BCUT2D eigenvalue weighted by Crippen LogP contribution is 2.64. The maximum Gasteiger partial charge on any atom is 0.156 e. The maximum absolute atomic E-state index is 11.9. The molecule has 2 nitrogen and oxygen atoms in total. The summed E-state index contributed by atoms with van der Waals surface area (Å²) in [4.78, 5) is 11.9. The lowest BCUT2D eigenvalue weighted by Crippen LogP contribution is -2.48. The summed E-state index contributed by atoms with van der Waals surface area (Å²) in [5.74, 6) is 2.60. The fraction of sp³-hybridized carbons (Fsp3) is 0.773. The normalized spacial score (nSPS) is 43.8. The quantitative estimate of drug-likeness (QED) is 0.751. The number of aliphatic hydroxyl groups is 1. The first-order chi connectivity index (χ1) is 11.6. The molecule has 4 aliphatic rings. The lowest BCUT2D eigenvalue weighted by Gasteiger charge is -2.56. The van der Waals surface area contributed by atoms with Gasteiger partial charge >= 0.3 is 0 Å². The number of hydrogen-bond donors (Lipinski definition) is 1. The van der Waals surface area contributed by atoms with E-state index in [1.165, 1.54) is 50.5 Å². The van der Waals surface area contributed by atoms with Crippen molar-refractivity contribution >= 4 is 5.78 Å². The van der Waals surface area contributed by atoms with Crippen LogP contribution < -0.4 is 0 Å². The van der Waals surface area contributed by atoms with Crippen molar-refractivity contribution < 1.29 is 9.90 Å². The van der Waals surface area contributed by atoms with Gasteiger partial charge in [0.05, 0.1) is 0 Å². The SMILES string of the molecule is C[C@]12CCC(=O)C=C1C=C[C@H]1[C@@H]3CCC[C@@]3(CCCCO)CC[C@@H]12. The Kier molecular flexibility index (Phi) is 4.23. The first-order valence-electron chi connectivity index (χ1n) is 10.1. The molecule has 0 bridgehead atoms. The number of carbonyl (C=O) groups is 1. The van der Waals surface area contributed by atoms with Gasteiger partial charge in [0, 0.05) is 13.0 Å². The number of rotatable bonds is 4. The summed E-state index contributed by atoms with van der Waals surface area (Å²) in [6.07, 6.45) is 18.8. The van der Waals surface area contributed by atoms with Gasteiger partial charge in [0.1, 0.15) is 0 Å². The summed E-state index contributed by atoms with van der Waals surface area (Å²) < 4.78 is 0. The summed E-state index contributed by atoms with van der Waals surface area (Å²) >= 11 is 0. The van der Waals surface area contributed by atoms with Gasteiger partial charge in [-0.15, -0.1) is 0 Å². The molecule has 0 aromatic carbocycles. The van der Waals surface area contributed by atoms with E-state index in [-0.39, 0.29) is 5.41 Å². The van der Waals surface area contributed by atoms with Gasteiger partial charge in [-0.1, -0.05) is 31.9 Å². The molecule has 2 heteroatoms. The molecule has 132 valence electrons. The van der Waals surface area contributed by atoms with E-state index in [2.05, 4.69) is 19.1 Å². The summed E-state index contributed by atoms with van der Waals surface area (Å²) in [7, 11) is 0. The first-order valence-corrected chi connectivity index (χ1v) is 10.1. The third-order valence-electron chi connectivity index (χ3n) is 8.12. The van der Waals surface area contributed by atoms with Gasteiger partial charge in [0.25, 0.3) is 0 Å². The van der Waals surface area contributed by atoms with E-state index in [0.29, 0.717) is 23.7 Å². The molecular weight excluding hydrogens is 296 g/mol. The number of unbranched alkanes of at least 4 members (excludes halogenated alkanes) is 1. The minimum atomic E-state index is 0.229. The van der Waals surface area contributed by atoms with Crippen LogP contribution in [-0.4, -0.2) is 17.5 Å². The zero-order chi connectivity index (χ0) is 16.8. The largest absolute Gasteiger partial charge is 0.396 e. The average molecular weight is 328 g/mol. The lowest BCUT2D eigenvalue weighted by molar-refractivity contribution is -0.116. The Labute approximate surface area is 146 Å².